The van der Waals surface area contributed by atoms with E-state index in [0.29, 0.717) is 11.5 Å². The Morgan fingerprint density at radius 1 is 1.48 bits per heavy atom. The second kappa shape index (κ2) is 6.78. The fourth-order valence-electron chi connectivity index (χ4n) is 2.17. The highest BCUT2D eigenvalue weighted by Gasteiger charge is 2.14. The lowest BCUT2D eigenvalue weighted by Gasteiger charge is -2.11. The number of hydrazone groups is 1. The summed E-state index contributed by atoms with van der Waals surface area (Å²) in [5.41, 5.74) is 3.10. The van der Waals surface area contributed by atoms with E-state index in [-0.39, 0.29) is 11.3 Å². The Balaban J connectivity index is 2.00. The van der Waals surface area contributed by atoms with Gasteiger partial charge < -0.3 is 0 Å². The molecule has 0 aromatic heterocycles. The van der Waals surface area contributed by atoms with Gasteiger partial charge in [0.25, 0.3) is 11.6 Å². The molecule has 0 spiro atoms. The predicted octanol–water partition coefficient (Wildman–Crippen LogP) is 2.98. The Bertz CT molecular complexity index is 608. The number of nitro groups is 1. The molecule has 6 nitrogen and oxygen atoms in total. The Hall–Kier alpha value is -2.50. The first-order chi connectivity index (χ1) is 10.1. The summed E-state index contributed by atoms with van der Waals surface area (Å²) in [4.78, 5) is 22.3. The number of allylic oxidation sites excluding steroid dienone is 2. The van der Waals surface area contributed by atoms with Gasteiger partial charge in [0.05, 0.1) is 4.92 Å². The average Bonchev–Trinajstić information content (AvgIpc) is 2.48. The number of nitrogens with one attached hydrogen (secondary N) is 1. The van der Waals surface area contributed by atoms with Gasteiger partial charge in [0.15, 0.2) is 0 Å². The minimum absolute atomic E-state index is 0.0657. The van der Waals surface area contributed by atoms with Gasteiger partial charge in [0.1, 0.15) is 0 Å². The van der Waals surface area contributed by atoms with Crippen LogP contribution in [0, 0.1) is 23.0 Å². The van der Waals surface area contributed by atoms with Crippen molar-refractivity contribution in [1.82, 2.24) is 5.43 Å². The maximum Gasteiger partial charge on any atom is 0.273 e. The molecular formula is C15H17N3O3. The number of carbonyl (C=O) groups is 1. The number of nitrogens with zero attached hydrogens (tertiary/aromatic N) is 2. The van der Waals surface area contributed by atoms with Crippen molar-refractivity contribution in [2.75, 3.05) is 0 Å². The monoisotopic (exact) mass is 287 g/mol. The quantitative estimate of drug-likeness (QED) is 0.400. The van der Waals surface area contributed by atoms with Crippen LogP contribution in [-0.4, -0.2) is 17.0 Å². The molecule has 1 N–H and O–H groups in total. The minimum Gasteiger partial charge on any atom is -0.267 e. The summed E-state index contributed by atoms with van der Waals surface area (Å²) in [6.07, 6.45) is 8.93. The van der Waals surface area contributed by atoms with Gasteiger partial charge in [-0.1, -0.05) is 18.2 Å². The zero-order valence-electron chi connectivity index (χ0n) is 11.8. The minimum atomic E-state index is -0.496. The molecule has 0 heterocycles. The maximum atomic E-state index is 11.9. The van der Waals surface area contributed by atoms with Gasteiger partial charge in [0.2, 0.25) is 0 Å². The summed E-state index contributed by atoms with van der Waals surface area (Å²) in [7, 11) is 0. The van der Waals surface area contributed by atoms with E-state index < -0.39 is 10.8 Å². The Morgan fingerprint density at radius 3 is 2.95 bits per heavy atom. The Labute approximate surface area is 122 Å². The van der Waals surface area contributed by atoms with E-state index in [9.17, 15) is 14.9 Å². The van der Waals surface area contributed by atoms with Crippen molar-refractivity contribution >= 4 is 17.8 Å². The molecule has 1 aliphatic carbocycles. The molecule has 110 valence electrons. The molecule has 0 saturated heterocycles. The third-order valence-electron chi connectivity index (χ3n) is 3.43. The summed E-state index contributed by atoms with van der Waals surface area (Å²) in [5.74, 6) is -0.108. The van der Waals surface area contributed by atoms with E-state index in [0.717, 1.165) is 19.3 Å². The number of benzene rings is 1. The summed E-state index contributed by atoms with van der Waals surface area (Å²) in [6.45, 7) is 1.63. The summed E-state index contributed by atoms with van der Waals surface area (Å²) in [6, 6.07) is 4.38. The van der Waals surface area contributed by atoms with Crippen molar-refractivity contribution in [1.29, 1.82) is 0 Å². The number of carbonyl (C=O) groups excluding carboxylic acids is 1. The van der Waals surface area contributed by atoms with Crippen LogP contribution in [0.3, 0.4) is 0 Å². The zero-order valence-corrected chi connectivity index (χ0v) is 11.8. The first kappa shape index (κ1) is 14.9. The number of hydrogen-bond acceptors (Lipinski definition) is 4. The molecular weight excluding hydrogens is 270 g/mol. The van der Waals surface area contributed by atoms with Crippen LogP contribution < -0.4 is 5.43 Å². The third-order valence-corrected chi connectivity index (χ3v) is 3.43. The van der Waals surface area contributed by atoms with Crippen LogP contribution in [0.25, 0.3) is 0 Å². The van der Waals surface area contributed by atoms with Gasteiger partial charge in [0, 0.05) is 23.4 Å². The highest BCUT2D eigenvalue weighted by Crippen LogP contribution is 2.19. The fourth-order valence-corrected chi connectivity index (χ4v) is 2.17. The summed E-state index contributed by atoms with van der Waals surface area (Å²) < 4.78 is 0. The van der Waals surface area contributed by atoms with Crippen LogP contribution in [0.5, 0.6) is 0 Å². The van der Waals surface area contributed by atoms with Gasteiger partial charge in [-0.2, -0.15) is 5.10 Å². The lowest BCUT2D eigenvalue weighted by Crippen LogP contribution is -2.19. The van der Waals surface area contributed by atoms with E-state index in [1.54, 1.807) is 25.3 Å². The summed E-state index contributed by atoms with van der Waals surface area (Å²) in [5, 5.41) is 14.8. The third kappa shape index (κ3) is 3.98. The average molecular weight is 287 g/mol. The van der Waals surface area contributed by atoms with E-state index in [4.69, 9.17) is 0 Å². The highest BCUT2D eigenvalue weighted by atomic mass is 16.6. The van der Waals surface area contributed by atoms with Crippen molar-refractivity contribution < 1.29 is 9.72 Å². The predicted molar refractivity (Wildman–Crippen MR) is 80.3 cm³/mol. The Kier molecular flexibility index (Phi) is 4.81. The van der Waals surface area contributed by atoms with E-state index >= 15 is 0 Å². The number of rotatable bonds is 4. The molecule has 21 heavy (non-hydrogen) atoms. The largest absolute Gasteiger partial charge is 0.273 e. The molecule has 6 heteroatoms. The molecule has 0 unspecified atom stereocenters. The topological polar surface area (TPSA) is 84.6 Å². The smallest absolute Gasteiger partial charge is 0.267 e. The SMILES string of the molecule is Cc1ccc(C(=O)N/N=C\[C@@H]2CC=CCC2)cc1[N+](=O)[O-]. The van der Waals surface area contributed by atoms with Crippen molar-refractivity contribution in [3.05, 3.63) is 51.6 Å². The van der Waals surface area contributed by atoms with Crippen LogP contribution in [-0.2, 0) is 0 Å². The first-order valence-electron chi connectivity index (χ1n) is 6.81. The second-order valence-electron chi connectivity index (χ2n) is 5.02. The summed E-state index contributed by atoms with van der Waals surface area (Å²) >= 11 is 0. The Morgan fingerprint density at radius 2 is 2.29 bits per heavy atom. The molecule has 1 aliphatic rings. The lowest BCUT2D eigenvalue weighted by molar-refractivity contribution is -0.385. The molecule has 0 saturated carbocycles. The van der Waals surface area contributed by atoms with Gasteiger partial charge in [-0.3, -0.25) is 14.9 Å². The van der Waals surface area contributed by atoms with Crippen LogP contribution in [0.1, 0.15) is 35.2 Å². The van der Waals surface area contributed by atoms with E-state index in [2.05, 4.69) is 22.7 Å². The standard InChI is InChI=1S/C15H17N3O3/c1-11-7-8-13(9-14(11)18(20)21)15(19)17-16-10-12-5-3-2-4-6-12/h2-3,7-10,12H,4-6H2,1H3,(H,17,19)/b16-10-/t12-/m1/s1. The molecule has 1 atom stereocenters. The van der Waals surface area contributed by atoms with Crippen LogP contribution in [0.4, 0.5) is 5.69 Å². The first-order valence-corrected chi connectivity index (χ1v) is 6.81. The zero-order chi connectivity index (χ0) is 15.2. The number of aryl methyl sites for hydroxylation is 1. The van der Waals surface area contributed by atoms with Gasteiger partial charge in [-0.15, -0.1) is 0 Å². The van der Waals surface area contributed by atoms with Crippen LogP contribution in [0.2, 0.25) is 0 Å². The lowest BCUT2D eigenvalue weighted by atomic mass is 9.96. The van der Waals surface area contributed by atoms with Gasteiger partial charge in [-0.25, -0.2) is 5.43 Å². The fraction of sp³-hybridized carbons (Fsp3) is 0.333. The molecule has 0 fully saturated rings. The maximum absolute atomic E-state index is 11.9. The van der Waals surface area contributed by atoms with Crippen LogP contribution >= 0.6 is 0 Å². The molecule has 1 amide bonds. The van der Waals surface area contributed by atoms with Gasteiger partial charge >= 0.3 is 0 Å². The molecule has 1 aromatic rings. The van der Waals surface area contributed by atoms with Crippen molar-refractivity contribution in [3.8, 4) is 0 Å². The number of hydrogen-bond donors (Lipinski definition) is 1. The van der Waals surface area contributed by atoms with E-state index in [1.807, 2.05) is 0 Å². The van der Waals surface area contributed by atoms with Crippen LogP contribution in [0.15, 0.2) is 35.5 Å². The van der Waals surface area contributed by atoms with E-state index in [1.165, 1.54) is 6.07 Å². The molecule has 1 aromatic carbocycles. The van der Waals surface area contributed by atoms with Gasteiger partial charge in [-0.05, 0) is 38.2 Å². The normalized spacial score (nSPS) is 17.9. The highest BCUT2D eigenvalue weighted by molar-refractivity contribution is 5.95. The number of amides is 1. The van der Waals surface area contributed by atoms with Crippen molar-refractivity contribution in [2.45, 2.75) is 26.2 Å². The second-order valence-corrected chi connectivity index (χ2v) is 5.02. The van der Waals surface area contributed by atoms with Crippen molar-refractivity contribution in [2.24, 2.45) is 11.0 Å². The molecule has 0 aliphatic heterocycles. The molecule has 0 bridgehead atoms. The number of nitro benzene ring substituents is 1. The van der Waals surface area contributed by atoms with Crippen molar-refractivity contribution in [3.63, 3.8) is 0 Å². The molecule has 0 radical (unpaired) electrons. The molecule has 2 rings (SSSR count).